The van der Waals surface area contributed by atoms with Crippen LogP contribution < -0.4 is 10.1 Å². The van der Waals surface area contributed by atoms with Crippen molar-refractivity contribution in [3.8, 4) is 5.75 Å². The van der Waals surface area contributed by atoms with Crippen molar-refractivity contribution in [1.29, 1.82) is 0 Å². The van der Waals surface area contributed by atoms with Crippen molar-refractivity contribution in [1.82, 2.24) is 10.2 Å². The minimum Gasteiger partial charge on any atom is -0.493 e. The van der Waals surface area contributed by atoms with Gasteiger partial charge in [-0.15, -0.1) is 0 Å². The van der Waals surface area contributed by atoms with E-state index in [-0.39, 0.29) is 5.91 Å². The predicted octanol–water partition coefficient (Wildman–Crippen LogP) is 2.70. The van der Waals surface area contributed by atoms with Gasteiger partial charge in [0.05, 0.1) is 13.0 Å². The van der Waals surface area contributed by atoms with Gasteiger partial charge in [-0.1, -0.05) is 31.5 Å². The lowest BCUT2D eigenvalue weighted by molar-refractivity contribution is -0.129. The third-order valence-electron chi connectivity index (χ3n) is 2.84. The first-order valence-corrected chi connectivity index (χ1v) is 7.13. The highest BCUT2D eigenvalue weighted by atomic mass is 35.5. The Balaban J connectivity index is 2.64. The Kier molecular flexibility index (Phi) is 6.82. The van der Waals surface area contributed by atoms with Crippen LogP contribution in [0.25, 0.3) is 0 Å². The second kappa shape index (κ2) is 8.12. The Labute approximate surface area is 126 Å². The molecule has 4 nitrogen and oxygen atoms in total. The summed E-state index contributed by atoms with van der Waals surface area (Å²) in [5.74, 6) is 0.783. The van der Waals surface area contributed by atoms with Gasteiger partial charge in [0.2, 0.25) is 5.91 Å². The minimum absolute atomic E-state index is 0.0499. The molecular weight excluding hydrogens is 276 g/mol. The predicted molar refractivity (Wildman–Crippen MR) is 82.2 cm³/mol. The molecule has 0 aliphatic rings. The summed E-state index contributed by atoms with van der Waals surface area (Å²) in [6, 6.07) is 5.94. The van der Waals surface area contributed by atoms with Gasteiger partial charge in [-0.2, -0.15) is 0 Å². The van der Waals surface area contributed by atoms with Crippen LogP contribution in [0.4, 0.5) is 0 Å². The molecule has 5 heteroatoms. The van der Waals surface area contributed by atoms with Gasteiger partial charge in [-0.05, 0) is 12.1 Å². The van der Waals surface area contributed by atoms with Gasteiger partial charge < -0.3 is 15.0 Å². The fourth-order valence-corrected chi connectivity index (χ4v) is 1.86. The number of hydrogen-bond donors (Lipinski definition) is 1. The van der Waals surface area contributed by atoms with E-state index in [0.717, 1.165) is 11.3 Å². The first kappa shape index (κ1) is 16.8. The zero-order valence-corrected chi connectivity index (χ0v) is 13.3. The fourth-order valence-electron chi connectivity index (χ4n) is 1.62. The first-order chi connectivity index (χ1) is 9.41. The van der Waals surface area contributed by atoms with E-state index in [9.17, 15) is 4.79 Å². The van der Waals surface area contributed by atoms with Crippen LogP contribution in [0.2, 0.25) is 5.02 Å². The van der Waals surface area contributed by atoms with Crippen molar-refractivity contribution in [2.45, 2.75) is 32.9 Å². The van der Waals surface area contributed by atoms with Crippen LogP contribution in [0.15, 0.2) is 18.2 Å². The lowest BCUT2D eigenvalue weighted by Gasteiger charge is -2.16. The second-order valence-corrected chi connectivity index (χ2v) is 5.55. The molecule has 0 atom stereocenters. The molecule has 0 radical (unpaired) electrons. The van der Waals surface area contributed by atoms with E-state index in [2.05, 4.69) is 19.2 Å². The lowest BCUT2D eigenvalue weighted by Crippen LogP contribution is -2.24. The molecule has 0 heterocycles. The third kappa shape index (κ3) is 5.39. The molecule has 20 heavy (non-hydrogen) atoms. The third-order valence-corrected chi connectivity index (χ3v) is 3.19. The standard InChI is InChI=1S/C15H23ClN2O2/c1-11(2)17-10-12-13(16)6-5-7-14(12)20-9-8-15(19)18(3)4/h5-7,11,17H,8-10H2,1-4H3. The number of carbonyl (C=O) groups excluding carboxylic acids is 1. The molecule has 0 saturated heterocycles. The van der Waals surface area contributed by atoms with Crippen molar-refractivity contribution in [3.63, 3.8) is 0 Å². The summed E-state index contributed by atoms with van der Waals surface area (Å²) < 4.78 is 5.70. The van der Waals surface area contributed by atoms with Crippen molar-refractivity contribution in [2.75, 3.05) is 20.7 Å². The normalized spacial score (nSPS) is 10.7. The highest BCUT2D eigenvalue weighted by Crippen LogP contribution is 2.26. The number of rotatable bonds is 7. The SMILES string of the molecule is CC(C)NCc1c(Cl)cccc1OCCC(=O)N(C)C. The Bertz CT molecular complexity index is 447. The largest absolute Gasteiger partial charge is 0.493 e. The Morgan fingerprint density at radius 2 is 2.10 bits per heavy atom. The topological polar surface area (TPSA) is 41.6 Å². The zero-order chi connectivity index (χ0) is 15.1. The van der Waals surface area contributed by atoms with Crippen molar-refractivity contribution in [3.05, 3.63) is 28.8 Å². The van der Waals surface area contributed by atoms with Crippen molar-refractivity contribution in [2.24, 2.45) is 0 Å². The number of nitrogens with zero attached hydrogens (tertiary/aromatic N) is 1. The van der Waals surface area contributed by atoms with Crippen LogP contribution in [-0.4, -0.2) is 37.6 Å². The van der Waals surface area contributed by atoms with Crippen LogP contribution in [0.3, 0.4) is 0 Å². The summed E-state index contributed by atoms with van der Waals surface area (Å²) in [5, 5.41) is 4.00. The average Bonchev–Trinajstić information content (AvgIpc) is 2.37. The second-order valence-electron chi connectivity index (χ2n) is 5.14. The molecule has 0 saturated carbocycles. The summed E-state index contributed by atoms with van der Waals surface area (Å²) in [7, 11) is 3.47. The number of benzene rings is 1. The highest BCUT2D eigenvalue weighted by Gasteiger charge is 2.10. The van der Waals surface area contributed by atoms with Gasteiger partial charge >= 0.3 is 0 Å². The van der Waals surface area contributed by atoms with E-state index in [4.69, 9.17) is 16.3 Å². The molecule has 0 aliphatic carbocycles. The fraction of sp³-hybridized carbons (Fsp3) is 0.533. The van der Waals surface area contributed by atoms with E-state index < -0.39 is 0 Å². The summed E-state index contributed by atoms with van der Waals surface area (Å²) in [4.78, 5) is 13.1. The quantitative estimate of drug-likeness (QED) is 0.841. The molecular formula is C15H23ClN2O2. The van der Waals surface area contributed by atoms with Gasteiger partial charge in [0, 0.05) is 37.3 Å². The van der Waals surface area contributed by atoms with Gasteiger partial charge in [-0.3, -0.25) is 4.79 Å². The van der Waals surface area contributed by atoms with Crippen molar-refractivity contribution >= 4 is 17.5 Å². The number of ether oxygens (including phenoxy) is 1. The number of hydrogen-bond acceptors (Lipinski definition) is 3. The van der Waals surface area contributed by atoms with Crippen LogP contribution in [0, 0.1) is 0 Å². The lowest BCUT2D eigenvalue weighted by atomic mass is 10.2. The van der Waals surface area contributed by atoms with E-state index in [1.54, 1.807) is 19.0 Å². The minimum atomic E-state index is 0.0499. The molecule has 0 unspecified atom stereocenters. The van der Waals surface area contributed by atoms with Gasteiger partial charge in [0.1, 0.15) is 5.75 Å². The van der Waals surface area contributed by atoms with Gasteiger partial charge in [0.25, 0.3) is 0 Å². The van der Waals surface area contributed by atoms with Crippen LogP contribution in [0.1, 0.15) is 25.8 Å². The monoisotopic (exact) mass is 298 g/mol. The summed E-state index contributed by atoms with van der Waals surface area (Å²) >= 11 is 6.21. The van der Waals surface area contributed by atoms with E-state index in [1.165, 1.54) is 0 Å². The molecule has 1 amide bonds. The maximum atomic E-state index is 11.5. The van der Waals surface area contributed by atoms with E-state index in [1.807, 2.05) is 18.2 Å². The highest BCUT2D eigenvalue weighted by molar-refractivity contribution is 6.31. The molecule has 1 aromatic carbocycles. The van der Waals surface area contributed by atoms with Crippen LogP contribution >= 0.6 is 11.6 Å². The summed E-state index contributed by atoms with van der Waals surface area (Å²) in [6.45, 7) is 5.15. The number of amides is 1. The average molecular weight is 299 g/mol. The Hall–Kier alpha value is -1.26. The molecule has 0 aliphatic heterocycles. The summed E-state index contributed by atoms with van der Waals surface area (Å²) in [5.41, 5.74) is 0.931. The molecule has 0 aromatic heterocycles. The molecule has 0 bridgehead atoms. The molecule has 0 spiro atoms. The number of nitrogens with one attached hydrogen (secondary N) is 1. The molecule has 112 valence electrons. The van der Waals surface area contributed by atoms with E-state index in [0.29, 0.717) is 30.6 Å². The molecule has 1 N–H and O–H groups in total. The smallest absolute Gasteiger partial charge is 0.225 e. The molecule has 1 rings (SSSR count). The van der Waals surface area contributed by atoms with Gasteiger partial charge in [0.15, 0.2) is 0 Å². The Morgan fingerprint density at radius 3 is 2.70 bits per heavy atom. The van der Waals surface area contributed by atoms with Crippen LogP contribution in [-0.2, 0) is 11.3 Å². The van der Waals surface area contributed by atoms with Crippen molar-refractivity contribution < 1.29 is 9.53 Å². The molecule has 1 aromatic rings. The summed E-state index contributed by atoms with van der Waals surface area (Å²) in [6.07, 6.45) is 0.358. The Morgan fingerprint density at radius 1 is 1.40 bits per heavy atom. The number of halogens is 1. The molecule has 0 fully saturated rings. The van der Waals surface area contributed by atoms with E-state index >= 15 is 0 Å². The maximum Gasteiger partial charge on any atom is 0.225 e. The number of carbonyl (C=O) groups is 1. The van der Waals surface area contributed by atoms with Gasteiger partial charge in [-0.25, -0.2) is 0 Å². The maximum absolute atomic E-state index is 11.5. The zero-order valence-electron chi connectivity index (χ0n) is 12.6. The van der Waals surface area contributed by atoms with Crippen LogP contribution in [0.5, 0.6) is 5.75 Å². The first-order valence-electron chi connectivity index (χ1n) is 6.75.